The molecule has 0 aromatic heterocycles. The van der Waals surface area contributed by atoms with E-state index in [1.807, 2.05) is 48.5 Å². The summed E-state index contributed by atoms with van der Waals surface area (Å²) in [6.07, 6.45) is 0. The fraction of sp³-hybridized carbons (Fsp3) is 0.125. The maximum absolute atomic E-state index is 12.3. The van der Waals surface area contributed by atoms with Gasteiger partial charge in [-0.1, -0.05) is 48.5 Å². The van der Waals surface area contributed by atoms with Crippen molar-refractivity contribution in [3.8, 4) is 6.07 Å². The molecule has 3 nitrogen and oxygen atoms in total. The van der Waals surface area contributed by atoms with Crippen molar-refractivity contribution in [3.63, 3.8) is 0 Å². The van der Waals surface area contributed by atoms with Gasteiger partial charge in [0.15, 0.2) is 5.54 Å². The number of fused-ring (bicyclic) bond motifs is 1. The van der Waals surface area contributed by atoms with Gasteiger partial charge in [0.2, 0.25) is 0 Å². The molecule has 3 rings (SSSR count). The van der Waals surface area contributed by atoms with Crippen molar-refractivity contribution in [2.45, 2.75) is 5.54 Å². The molecule has 0 aliphatic carbocycles. The first-order valence-electron chi connectivity index (χ1n) is 6.06. The van der Waals surface area contributed by atoms with E-state index in [2.05, 4.69) is 6.07 Å². The molecule has 0 fully saturated rings. The predicted molar refractivity (Wildman–Crippen MR) is 71.4 cm³/mol. The van der Waals surface area contributed by atoms with Crippen molar-refractivity contribution in [1.82, 2.24) is 4.90 Å². The summed E-state index contributed by atoms with van der Waals surface area (Å²) >= 11 is 0. The highest BCUT2D eigenvalue weighted by Gasteiger charge is 2.49. The quantitative estimate of drug-likeness (QED) is 0.778. The van der Waals surface area contributed by atoms with Crippen molar-refractivity contribution >= 4 is 5.91 Å². The van der Waals surface area contributed by atoms with Crippen LogP contribution in [0.3, 0.4) is 0 Å². The van der Waals surface area contributed by atoms with E-state index in [1.54, 1.807) is 13.1 Å². The lowest BCUT2D eigenvalue weighted by molar-refractivity contribution is 0.0749. The molecule has 1 unspecified atom stereocenters. The van der Waals surface area contributed by atoms with Crippen LogP contribution in [0.15, 0.2) is 54.6 Å². The molecule has 1 aliphatic rings. The van der Waals surface area contributed by atoms with Gasteiger partial charge in [-0.05, 0) is 11.6 Å². The zero-order valence-electron chi connectivity index (χ0n) is 10.5. The van der Waals surface area contributed by atoms with E-state index < -0.39 is 5.54 Å². The fourth-order valence-corrected chi connectivity index (χ4v) is 2.73. The number of nitriles is 1. The number of carbonyl (C=O) groups is 1. The van der Waals surface area contributed by atoms with Gasteiger partial charge >= 0.3 is 0 Å². The molecular weight excluding hydrogens is 236 g/mol. The summed E-state index contributed by atoms with van der Waals surface area (Å²) in [5.41, 5.74) is 1.17. The fourth-order valence-electron chi connectivity index (χ4n) is 2.73. The number of rotatable bonds is 1. The summed E-state index contributed by atoms with van der Waals surface area (Å²) in [4.78, 5) is 13.8. The van der Waals surface area contributed by atoms with Crippen LogP contribution in [0.25, 0.3) is 0 Å². The summed E-state index contributed by atoms with van der Waals surface area (Å²) in [6.45, 7) is 0. The van der Waals surface area contributed by atoms with E-state index in [4.69, 9.17) is 0 Å². The van der Waals surface area contributed by atoms with E-state index in [9.17, 15) is 10.1 Å². The predicted octanol–water partition coefficient (Wildman–Crippen LogP) is 2.54. The average Bonchev–Trinajstić information content (AvgIpc) is 2.70. The maximum atomic E-state index is 12.3. The van der Waals surface area contributed by atoms with Crippen molar-refractivity contribution in [1.29, 1.82) is 5.26 Å². The topological polar surface area (TPSA) is 44.1 Å². The molecule has 1 atom stereocenters. The van der Waals surface area contributed by atoms with Gasteiger partial charge in [0, 0.05) is 18.2 Å². The highest BCUT2D eigenvalue weighted by atomic mass is 16.2. The molecule has 0 saturated heterocycles. The minimum absolute atomic E-state index is 0.110. The van der Waals surface area contributed by atoms with Crippen LogP contribution in [-0.2, 0) is 5.54 Å². The molecule has 0 spiro atoms. The molecule has 1 amide bonds. The third-order valence-corrected chi connectivity index (χ3v) is 3.71. The van der Waals surface area contributed by atoms with E-state index in [0.717, 1.165) is 11.1 Å². The van der Waals surface area contributed by atoms with Crippen LogP contribution in [-0.4, -0.2) is 17.9 Å². The van der Waals surface area contributed by atoms with Crippen LogP contribution in [0.1, 0.15) is 21.5 Å². The Bertz CT molecular complexity index is 687. The molecule has 2 aromatic carbocycles. The molecule has 0 bridgehead atoms. The first-order valence-corrected chi connectivity index (χ1v) is 6.06. The molecule has 2 aromatic rings. The van der Waals surface area contributed by atoms with Crippen molar-refractivity contribution < 1.29 is 4.79 Å². The lowest BCUT2D eigenvalue weighted by Crippen LogP contribution is -2.40. The van der Waals surface area contributed by atoms with Crippen LogP contribution < -0.4 is 0 Å². The smallest absolute Gasteiger partial charge is 0.255 e. The average molecular weight is 248 g/mol. The Hall–Kier alpha value is -2.60. The van der Waals surface area contributed by atoms with Crippen LogP contribution in [0.4, 0.5) is 0 Å². The van der Waals surface area contributed by atoms with Crippen molar-refractivity contribution in [2.75, 3.05) is 7.05 Å². The van der Waals surface area contributed by atoms with Crippen LogP contribution in [0, 0.1) is 11.3 Å². The minimum atomic E-state index is -1.02. The van der Waals surface area contributed by atoms with E-state index in [0.29, 0.717) is 5.56 Å². The maximum Gasteiger partial charge on any atom is 0.255 e. The number of hydrogen-bond acceptors (Lipinski definition) is 2. The number of carbonyl (C=O) groups excluding carboxylic acids is 1. The lowest BCUT2D eigenvalue weighted by atomic mass is 9.84. The van der Waals surface area contributed by atoms with Gasteiger partial charge < -0.3 is 4.90 Å². The number of amides is 1. The van der Waals surface area contributed by atoms with E-state index >= 15 is 0 Å². The molecule has 3 heteroatoms. The number of hydrogen-bond donors (Lipinski definition) is 0. The van der Waals surface area contributed by atoms with E-state index in [1.165, 1.54) is 4.90 Å². The second kappa shape index (κ2) is 3.96. The Morgan fingerprint density at radius 2 is 1.68 bits per heavy atom. The Balaban J connectivity index is 2.34. The summed E-state index contributed by atoms with van der Waals surface area (Å²) in [6, 6.07) is 19.1. The second-order valence-electron chi connectivity index (χ2n) is 4.60. The Morgan fingerprint density at radius 3 is 2.37 bits per heavy atom. The molecule has 1 aliphatic heterocycles. The van der Waals surface area contributed by atoms with Gasteiger partial charge in [-0.15, -0.1) is 0 Å². The molecule has 0 N–H and O–H groups in total. The van der Waals surface area contributed by atoms with Crippen LogP contribution in [0.2, 0.25) is 0 Å². The highest BCUT2D eigenvalue weighted by molar-refractivity contribution is 6.01. The van der Waals surface area contributed by atoms with Crippen molar-refractivity contribution in [2.24, 2.45) is 0 Å². The van der Waals surface area contributed by atoms with Gasteiger partial charge in [-0.25, -0.2) is 0 Å². The number of benzene rings is 2. The van der Waals surface area contributed by atoms with Crippen LogP contribution >= 0.6 is 0 Å². The second-order valence-corrected chi connectivity index (χ2v) is 4.60. The number of nitrogens with zero attached hydrogens (tertiary/aromatic N) is 2. The Labute approximate surface area is 111 Å². The van der Waals surface area contributed by atoms with Gasteiger partial charge in [-0.3, -0.25) is 4.79 Å². The monoisotopic (exact) mass is 248 g/mol. The third-order valence-electron chi connectivity index (χ3n) is 3.71. The summed E-state index contributed by atoms with van der Waals surface area (Å²) in [5.74, 6) is -0.110. The molecule has 0 saturated carbocycles. The van der Waals surface area contributed by atoms with Gasteiger partial charge in [0.1, 0.15) is 6.07 Å². The van der Waals surface area contributed by atoms with Crippen molar-refractivity contribution in [3.05, 3.63) is 71.3 Å². The van der Waals surface area contributed by atoms with Gasteiger partial charge in [0.05, 0.1) is 0 Å². The summed E-state index contributed by atoms with van der Waals surface area (Å²) < 4.78 is 0. The first kappa shape index (κ1) is 11.5. The Kier molecular flexibility index (Phi) is 2.39. The zero-order valence-corrected chi connectivity index (χ0v) is 10.5. The Morgan fingerprint density at radius 1 is 1.05 bits per heavy atom. The SMILES string of the molecule is CN1C(=O)c2ccccc2C1(C#N)c1ccccc1. The normalized spacial score (nSPS) is 21.1. The third kappa shape index (κ3) is 1.34. The van der Waals surface area contributed by atoms with Crippen LogP contribution in [0.5, 0.6) is 0 Å². The van der Waals surface area contributed by atoms with Gasteiger partial charge in [-0.2, -0.15) is 5.26 Å². The molecule has 92 valence electrons. The largest absolute Gasteiger partial charge is 0.315 e. The zero-order chi connectivity index (χ0) is 13.5. The summed E-state index contributed by atoms with van der Waals surface area (Å²) in [7, 11) is 1.68. The van der Waals surface area contributed by atoms with Gasteiger partial charge in [0.25, 0.3) is 5.91 Å². The molecular formula is C16H12N2O. The molecule has 1 heterocycles. The minimum Gasteiger partial charge on any atom is -0.315 e. The lowest BCUT2D eigenvalue weighted by Gasteiger charge is -2.30. The highest BCUT2D eigenvalue weighted by Crippen LogP contribution is 2.42. The first-order chi connectivity index (χ1) is 9.21. The van der Waals surface area contributed by atoms with E-state index in [-0.39, 0.29) is 5.91 Å². The molecule has 0 radical (unpaired) electrons. The standard InChI is InChI=1S/C16H12N2O/c1-18-15(19)13-9-5-6-10-14(13)16(18,11-17)12-7-3-2-4-8-12/h2-10H,1H3. The summed E-state index contributed by atoms with van der Waals surface area (Å²) in [5, 5.41) is 9.76. The molecule has 19 heavy (non-hydrogen) atoms.